The van der Waals surface area contributed by atoms with Crippen LogP contribution in [0.25, 0.3) is 0 Å². The summed E-state index contributed by atoms with van der Waals surface area (Å²) in [6.07, 6.45) is 0.924. The number of urea groups is 1. The first-order valence-corrected chi connectivity index (χ1v) is 8.93. The number of morpholine rings is 1. The molecule has 25 heavy (non-hydrogen) atoms. The highest BCUT2D eigenvalue weighted by atomic mass is 16.5. The maximum atomic E-state index is 12.6. The molecule has 1 aromatic carbocycles. The molecule has 1 fully saturated rings. The van der Waals surface area contributed by atoms with Gasteiger partial charge in [0.2, 0.25) is 5.91 Å². The zero-order valence-electron chi connectivity index (χ0n) is 15.5. The van der Waals surface area contributed by atoms with E-state index in [0.717, 1.165) is 12.1 Å². The van der Waals surface area contributed by atoms with Gasteiger partial charge in [0.15, 0.2) is 0 Å². The third kappa shape index (κ3) is 5.74. The highest BCUT2D eigenvalue weighted by Gasteiger charge is 2.27. The molecule has 1 aliphatic rings. The lowest BCUT2D eigenvalue weighted by Crippen LogP contribution is -2.50. The lowest BCUT2D eigenvalue weighted by atomic mass is 10.0. The van der Waals surface area contributed by atoms with Crippen molar-refractivity contribution in [1.29, 1.82) is 0 Å². The molecular formula is C19H29N3O3. The van der Waals surface area contributed by atoms with Gasteiger partial charge in [-0.2, -0.15) is 0 Å². The zero-order chi connectivity index (χ0) is 18.4. The topological polar surface area (TPSA) is 70.7 Å². The Hall–Kier alpha value is -2.08. The number of nitrogens with one attached hydrogen (secondary N) is 2. The van der Waals surface area contributed by atoms with Crippen LogP contribution in [0.4, 0.5) is 16.2 Å². The molecule has 3 amide bonds. The molecule has 2 rings (SSSR count). The van der Waals surface area contributed by atoms with E-state index in [2.05, 4.69) is 24.5 Å². The number of rotatable bonds is 5. The van der Waals surface area contributed by atoms with E-state index in [4.69, 9.17) is 4.74 Å². The van der Waals surface area contributed by atoms with Crippen molar-refractivity contribution in [3.8, 4) is 0 Å². The van der Waals surface area contributed by atoms with Crippen molar-refractivity contribution in [2.24, 2.45) is 11.8 Å². The number of benzene rings is 1. The summed E-state index contributed by atoms with van der Waals surface area (Å²) >= 11 is 0. The van der Waals surface area contributed by atoms with Crippen LogP contribution >= 0.6 is 0 Å². The first kappa shape index (κ1) is 19.2. The van der Waals surface area contributed by atoms with Crippen LogP contribution < -0.4 is 10.6 Å². The third-order valence-corrected chi connectivity index (χ3v) is 4.16. The molecule has 1 atom stereocenters. The van der Waals surface area contributed by atoms with E-state index in [1.165, 1.54) is 0 Å². The van der Waals surface area contributed by atoms with Gasteiger partial charge in [0.25, 0.3) is 0 Å². The number of amides is 3. The zero-order valence-corrected chi connectivity index (χ0v) is 15.5. The summed E-state index contributed by atoms with van der Waals surface area (Å²) in [7, 11) is 0. The molecule has 2 N–H and O–H groups in total. The largest absolute Gasteiger partial charge is 0.377 e. The van der Waals surface area contributed by atoms with Crippen molar-refractivity contribution in [3.05, 3.63) is 24.3 Å². The van der Waals surface area contributed by atoms with E-state index >= 15 is 0 Å². The van der Waals surface area contributed by atoms with E-state index in [0.29, 0.717) is 31.4 Å². The number of hydrogen-bond acceptors (Lipinski definition) is 3. The fraction of sp³-hybridized carbons (Fsp3) is 0.579. The average Bonchev–Trinajstić information content (AvgIpc) is 2.56. The van der Waals surface area contributed by atoms with Gasteiger partial charge in [0.1, 0.15) is 0 Å². The number of carbonyl (C=O) groups excluding carboxylic acids is 2. The molecule has 0 unspecified atom stereocenters. The van der Waals surface area contributed by atoms with Gasteiger partial charge in [-0.25, -0.2) is 4.79 Å². The van der Waals surface area contributed by atoms with Crippen molar-refractivity contribution in [1.82, 2.24) is 4.90 Å². The second-order valence-electron chi connectivity index (χ2n) is 7.20. The van der Waals surface area contributed by atoms with E-state index in [9.17, 15) is 9.59 Å². The Morgan fingerprint density at radius 3 is 2.28 bits per heavy atom. The quantitative estimate of drug-likeness (QED) is 0.855. The Bertz CT molecular complexity index is 584. The van der Waals surface area contributed by atoms with Crippen molar-refractivity contribution in [2.45, 2.75) is 40.2 Å². The monoisotopic (exact) mass is 347 g/mol. The van der Waals surface area contributed by atoms with Gasteiger partial charge in [0, 0.05) is 23.8 Å². The van der Waals surface area contributed by atoms with Crippen LogP contribution in [0.1, 0.15) is 34.1 Å². The fourth-order valence-electron chi connectivity index (χ4n) is 2.78. The second kappa shape index (κ2) is 8.85. The molecule has 138 valence electrons. The lowest BCUT2D eigenvalue weighted by Gasteiger charge is -2.36. The van der Waals surface area contributed by atoms with Crippen LogP contribution in [-0.4, -0.2) is 42.6 Å². The molecule has 6 nitrogen and oxygen atoms in total. The molecule has 0 aliphatic carbocycles. The predicted molar refractivity (Wildman–Crippen MR) is 99.7 cm³/mol. The third-order valence-electron chi connectivity index (χ3n) is 4.16. The molecule has 0 radical (unpaired) electrons. The van der Waals surface area contributed by atoms with Crippen molar-refractivity contribution < 1.29 is 14.3 Å². The van der Waals surface area contributed by atoms with Crippen molar-refractivity contribution in [2.75, 3.05) is 30.4 Å². The van der Waals surface area contributed by atoms with Gasteiger partial charge in [-0.15, -0.1) is 0 Å². The maximum Gasteiger partial charge on any atom is 0.322 e. The Morgan fingerprint density at radius 1 is 1.12 bits per heavy atom. The first-order valence-electron chi connectivity index (χ1n) is 8.93. The van der Waals surface area contributed by atoms with Crippen LogP contribution in [0.15, 0.2) is 24.3 Å². The van der Waals surface area contributed by atoms with Gasteiger partial charge in [-0.1, -0.05) is 27.7 Å². The smallest absolute Gasteiger partial charge is 0.322 e. The maximum absolute atomic E-state index is 12.6. The van der Waals surface area contributed by atoms with Crippen LogP contribution in [0, 0.1) is 11.8 Å². The lowest BCUT2D eigenvalue weighted by molar-refractivity contribution is -0.118. The fourth-order valence-corrected chi connectivity index (χ4v) is 2.78. The van der Waals surface area contributed by atoms with Gasteiger partial charge in [-0.3, -0.25) is 4.79 Å². The van der Waals surface area contributed by atoms with Gasteiger partial charge in [0.05, 0.1) is 19.3 Å². The van der Waals surface area contributed by atoms with Crippen LogP contribution in [0.2, 0.25) is 0 Å². The second-order valence-corrected chi connectivity index (χ2v) is 7.20. The summed E-state index contributed by atoms with van der Waals surface area (Å²) < 4.78 is 5.52. The average molecular weight is 347 g/mol. The number of anilines is 2. The molecule has 0 saturated carbocycles. The van der Waals surface area contributed by atoms with Crippen molar-refractivity contribution >= 4 is 23.3 Å². The normalized spacial score (nSPS) is 17.7. The Labute approximate surface area is 149 Å². The molecule has 1 saturated heterocycles. The van der Waals surface area contributed by atoms with E-state index in [1.807, 2.05) is 18.7 Å². The van der Waals surface area contributed by atoms with E-state index in [1.54, 1.807) is 24.3 Å². The summed E-state index contributed by atoms with van der Waals surface area (Å²) in [6, 6.07) is 7.19. The van der Waals surface area contributed by atoms with Crippen molar-refractivity contribution in [3.63, 3.8) is 0 Å². The Morgan fingerprint density at radius 2 is 1.72 bits per heavy atom. The summed E-state index contributed by atoms with van der Waals surface area (Å²) in [5.74, 6) is 0.408. The summed E-state index contributed by atoms with van der Waals surface area (Å²) in [5, 5.41) is 5.77. The minimum atomic E-state index is -0.104. The number of nitrogens with zero attached hydrogens (tertiary/aromatic N) is 1. The highest BCUT2D eigenvalue weighted by molar-refractivity contribution is 5.93. The number of ether oxygens (including phenoxy) is 1. The predicted octanol–water partition coefficient (Wildman–Crippen LogP) is 3.56. The summed E-state index contributed by atoms with van der Waals surface area (Å²) in [4.78, 5) is 26.2. The summed E-state index contributed by atoms with van der Waals surface area (Å²) in [5.41, 5.74) is 1.43. The van der Waals surface area contributed by atoms with Gasteiger partial charge in [-0.05, 0) is 36.6 Å². The van der Waals surface area contributed by atoms with Crippen LogP contribution in [0.5, 0.6) is 0 Å². The molecule has 1 aliphatic heterocycles. The molecule has 6 heteroatoms. The first-order chi connectivity index (χ1) is 11.9. The van der Waals surface area contributed by atoms with Gasteiger partial charge < -0.3 is 20.3 Å². The van der Waals surface area contributed by atoms with Crippen LogP contribution in [0.3, 0.4) is 0 Å². The highest BCUT2D eigenvalue weighted by Crippen LogP contribution is 2.19. The molecule has 0 aromatic heterocycles. The minimum absolute atomic E-state index is 0.0263. The van der Waals surface area contributed by atoms with E-state index in [-0.39, 0.29) is 23.9 Å². The SMILES string of the molecule is CC(C)C[C@@H]1COCCN1C(=O)Nc1ccc(NC(=O)C(C)C)cc1. The minimum Gasteiger partial charge on any atom is -0.377 e. The number of hydrogen-bond donors (Lipinski definition) is 2. The van der Waals surface area contributed by atoms with Gasteiger partial charge >= 0.3 is 6.03 Å². The molecular weight excluding hydrogens is 318 g/mol. The Kier molecular flexibility index (Phi) is 6.82. The van der Waals surface area contributed by atoms with Crippen LogP contribution in [-0.2, 0) is 9.53 Å². The standard InChI is InChI=1S/C19H29N3O3/c1-13(2)11-17-12-25-10-9-22(17)19(24)21-16-7-5-15(6-8-16)20-18(23)14(3)4/h5-8,13-14,17H,9-12H2,1-4H3,(H,20,23)(H,21,24)/t17-/m1/s1. The molecule has 1 aromatic rings. The number of carbonyl (C=O) groups is 2. The molecule has 0 bridgehead atoms. The summed E-state index contributed by atoms with van der Waals surface area (Å²) in [6.45, 7) is 9.75. The molecule has 1 heterocycles. The van der Waals surface area contributed by atoms with E-state index < -0.39 is 0 Å². The molecule has 0 spiro atoms. The Balaban J connectivity index is 1.96.